The maximum atomic E-state index is 12.9. The minimum absolute atomic E-state index is 0.0612. The highest BCUT2D eigenvalue weighted by molar-refractivity contribution is 8.00. The number of anilines is 1. The Balaban J connectivity index is 1.46. The normalized spacial score (nSPS) is 15.3. The molecule has 1 N–H and O–H groups in total. The van der Waals surface area contributed by atoms with E-state index in [0.717, 1.165) is 12.0 Å². The van der Waals surface area contributed by atoms with E-state index in [0.29, 0.717) is 40.1 Å². The Hall–Kier alpha value is -3.16. The first kappa shape index (κ1) is 24.0. The number of benzene rings is 3. The fourth-order valence-corrected chi connectivity index (χ4v) is 5.27. The standard InChI is InChI=1S/C26H25ClN2O4S/c1-32-22-15-21(23(33-2)14-20(22)27)28-25(31)18-8-10-19(11-9-18)26-29(24(30)16-34-26)13-12-17-6-4-3-5-7-17/h3-11,14-15,26H,12-13,16H2,1-2H3,(H,28,31)/t26-/m1/s1. The van der Waals surface area contributed by atoms with E-state index in [4.69, 9.17) is 21.1 Å². The lowest BCUT2D eigenvalue weighted by Crippen LogP contribution is -2.30. The third-order valence-electron chi connectivity index (χ3n) is 5.63. The summed E-state index contributed by atoms with van der Waals surface area (Å²) in [5, 5.41) is 3.18. The van der Waals surface area contributed by atoms with Gasteiger partial charge in [0.15, 0.2) is 0 Å². The number of hydrogen-bond donors (Lipinski definition) is 1. The molecule has 3 aromatic rings. The summed E-state index contributed by atoms with van der Waals surface area (Å²) in [5.41, 5.74) is 3.14. The number of methoxy groups -OCH3 is 2. The number of halogens is 1. The van der Waals surface area contributed by atoms with Crippen LogP contribution in [0.1, 0.15) is 26.9 Å². The van der Waals surface area contributed by atoms with Crippen LogP contribution in [0.15, 0.2) is 66.7 Å². The minimum atomic E-state index is -0.287. The highest BCUT2D eigenvalue weighted by Crippen LogP contribution is 2.39. The summed E-state index contributed by atoms with van der Waals surface area (Å²) in [6, 6.07) is 20.7. The van der Waals surface area contributed by atoms with Crippen LogP contribution in [0, 0.1) is 0 Å². The van der Waals surface area contributed by atoms with Gasteiger partial charge in [0, 0.05) is 24.2 Å². The number of carbonyl (C=O) groups excluding carboxylic acids is 2. The summed E-state index contributed by atoms with van der Waals surface area (Å²) in [6.07, 6.45) is 0.802. The molecule has 1 aliphatic rings. The number of nitrogens with zero attached hydrogens (tertiary/aromatic N) is 1. The molecule has 0 unspecified atom stereocenters. The molecule has 1 fully saturated rings. The molecule has 8 heteroatoms. The van der Waals surface area contributed by atoms with Crippen LogP contribution in [0.2, 0.25) is 5.02 Å². The molecular formula is C26H25ClN2O4S. The van der Waals surface area contributed by atoms with Gasteiger partial charge in [-0.3, -0.25) is 9.59 Å². The average Bonchev–Trinajstić information content (AvgIpc) is 3.24. The smallest absolute Gasteiger partial charge is 0.255 e. The van der Waals surface area contributed by atoms with Crippen LogP contribution in [0.4, 0.5) is 5.69 Å². The molecule has 0 aliphatic carbocycles. The number of carbonyl (C=O) groups is 2. The molecule has 0 saturated carbocycles. The van der Waals surface area contributed by atoms with Crippen molar-refractivity contribution in [3.8, 4) is 11.5 Å². The Morgan fingerprint density at radius 1 is 1.06 bits per heavy atom. The molecule has 6 nitrogen and oxygen atoms in total. The van der Waals surface area contributed by atoms with E-state index in [2.05, 4.69) is 17.4 Å². The molecule has 1 saturated heterocycles. The molecule has 1 atom stereocenters. The summed E-state index contributed by atoms with van der Waals surface area (Å²) in [5.74, 6) is 1.18. The minimum Gasteiger partial charge on any atom is -0.495 e. The van der Waals surface area contributed by atoms with Gasteiger partial charge in [0.25, 0.3) is 5.91 Å². The molecular weight excluding hydrogens is 472 g/mol. The molecule has 0 radical (unpaired) electrons. The maximum Gasteiger partial charge on any atom is 0.255 e. The van der Waals surface area contributed by atoms with Crippen molar-refractivity contribution in [3.05, 3.63) is 88.4 Å². The molecule has 3 aromatic carbocycles. The monoisotopic (exact) mass is 496 g/mol. The Kier molecular flexibility index (Phi) is 7.65. The van der Waals surface area contributed by atoms with Crippen LogP contribution in [-0.4, -0.2) is 43.2 Å². The van der Waals surface area contributed by atoms with E-state index in [9.17, 15) is 9.59 Å². The molecule has 0 bridgehead atoms. The SMILES string of the molecule is COc1cc(NC(=O)c2ccc([C@H]3SCC(=O)N3CCc3ccccc3)cc2)c(OC)cc1Cl. The number of rotatable bonds is 8. The molecule has 0 spiro atoms. The van der Waals surface area contributed by atoms with Crippen molar-refractivity contribution >= 4 is 40.9 Å². The summed E-state index contributed by atoms with van der Waals surface area (Å²) >= 11 is 7.75. The third-order valence-corrected chi connectivity index (χ3v) is 7.18. The molecule has 1 heterocycles. The summed E-state index contributed by atoms with van der Waals surface area (Å²) in [7, 11) is 3.01. The van der Waals surface area contributed by atoms with Gasteiger partial charge in [-0.15, -0.1) is 11.8 Å². The van der Waals surface area contributed by atoms with E-state index in [-0.39, 0.29) is 17.2 Å². The lowest BCUT2D eigenvalue weighted by molar-refractivity contribution is -0.128. The molecule has 4 rings (SSSR count). The zero-order chi connectivity index (χ0) is 24.1. The topological polar surface area (TPSA) is 67.9 Å². The Morgan fingerprint density at radius 3 is 2.44 bits per heavy atom. The Morgan fingerprint density at radius 2 is 1.76 bits per heavy atom. The first-order chi connectivity index (χ1) is 16.5. The lowest BCUT2D eigenvalue weighted by atomic mass is 10.1. The van der Waals surface area contributed by atoms with Crippen LogP contribution in [0.25, 0.3) is 0 Å². The summed E-state index contributed by atoms with van der Waals surface area (Å²) in [4.78, 5) is 27.3. The number of thioether (sulfide) groups is 1. The first-order valence-electron chi connectivity index (χ1n) is 10.8. The zero-order valence-corrected chi connectivity index (χ0v) is 20.5. The highest BCUT2D eigenvalue weighted by Gasteiger charge is 2.32. The largest absolute Gasteiger partial charge is 0.495 e. The number of hydrogen-bond acceptors (Lipinski definition) is 5. The van der Waals surface area contributed by atoms with E-state index >= 15 is 0 Å². The second-order valence-electron chi connectivity index (χ2n) is 7.75. The van der Waals surface area contributed by atoms with Crippen molar-refractivity contribution in [3.63, 3.8) is 0 Å². The van der Waals surface area contributed by atoms with Crippen LogP contribution in [-0.2, 0) is 11.2 Å². The van der Waals surface area contributed by atoms with Crippen molar-refractivity contribution < 1.29 is 19.1 Å². The van der Waals surface area contributed by atoms with Gasteiger partial charge in [-0.25, -0.2) is 0 Å². The highest BCUT2D eigenvalue weighted by atomic mass is 35.5. The predicted octanol–water partition coefficient (Wildman–Crippen LogP) is 5.43. The van der Waals surface area contributed by atoms with Crippen molar-refractivity contribution in [2.24, 2.45) is 0 Å². The van der Waals surface area contributed by atoms with E-state index in [1.807, 2.05) is 35.2 Å². The van der Waals surface area contributed by atoms with E-state index in [1.54, 1.807) is 36.0 Å². The van der Waals surface area contributed by atoms with Crippen LogP contribution >= 0.6 is 23.4 Å². The van der Waals surface area contributed by atoms with Crippen molar-refractivity contribution in [2.75, 3.05) is 31.8 Å². The van der Waals surface area contributed by atoms with Crippen molar-refractivity contribution in [1.29, 1.82) is 0 Å². The molecule has 1 aliphatic heterocycles. The molecule has 0 aromatic heterocycles. The second-order valence-corrected chi connectivity index (χ2v) is 9.22. The number of ether oxygens (including phenoxy) is 2. The molecule has 2 amide bonds. The van der Waals surface area contributed by atoms with Gasteiger partial charge >= 0.3 is 0 Å². The van der Waals surface area contributed by atoms with Gasteiger partial charge in [-0.1, -0.05) is 54.1 Å². The maximum absolute atomic E-state index is 12.9. The van der Waals surface area contributed by atoms with Gasteiger partial charge in [0.2, 0.25) is 5.91 Å². The fourth-order valence-electron chi connectivity index (χ4n) is 3.82. The van der Waals surface area contributed by atoms with Crippen LogP contribution < -0.4 is 14.8 Å². The molecule has 34 heavy (non-hydrogen) atoms. The molecule has 176 valence electrons. The Bertz CT molecular complexity index is 1170. The van der Waals surface area contributed by atoms with Crippen LogP contribution in [0.5, 0.6) is 11.5 Å². The Labute approximate surface area is 208 Å². The van der Waals surface area contributed by atoms with Gasteiger partial charge in [0.05, 0.1) is 30.7 Å². The first-order valence-corrected chi connectivity index (χ1v) is 12.2. The zero-order valence-electron chi connectivity index (χ0n) is 18.9. The van der Waals surface area contributed by atoms with Gasteiger partial charge in [0.1, 0.15) is 16.9 Å². The quantitative estimate of drug-likeness (QED) is 0.450. The van der Waals surface area contributed by atoms with Gasteiger partial charge < -0.3 is 19.7 Å². The summed E-state index contributed by atoms with van der Waals surface area (Å²) in [6.45, 7) is 0.654. The summed E-state index contributed by atoms with van der Waals surface area (Å²) < 4.78 is 10.6. The second kappa shape index (κ2) is 10.8. The number of nitrogens with one attached hydrogen (secondary N) is 1. The van der Waals surface area contributed by atoms with Gasteiger partial charge in [-0.05, 0) is 29.7 Å². The third kappa shape index (κ3) is 5.32. The van der Waals surface area contributed by atoms with Crippen molar-refractivity contribution in [2.45, 2.75) is 11.8 Å². The average molecular weight is 497 g/mol. The predicted molar refractivity (Wildman–Crippen MR) is 136 cm³/mol. The van der Waals surface area contributed by atoms with E-state index in [1.165, 1.54) is 19.8 Å². The van der Waals surface area contributed by atoms with Gasteiger partial charge in [-0.2, -0.15) is 0 Å². The lowest BCUT2D eigenvalue weighted by Gasteiger charge is -2.24. The number of amides is 2. The van der Waals surface area contributed by atoms with E-state index < -0.39 is 0 Å². The van der Waals surface area contributed by atoms with Crippen LogP contribution in [0.3, 0.4) is 0 Å². The fraction of sp³-hybridized carbons (Fsp3) is 0.231. The van der Waals surface area contributed by atoms with Crippen molar-refractivity contribution in [1.82, 2.24) is 4.90 Å².